The first-order chi connectivity index (χ1) is 20.7. The van der Waals surface area contributed by atoms with Gasteiger partial charge in [-0.25, -0.2) is 4.98 Å². The van der Waals surface area contributed by atoms with Crippen molar-refractivity contribution in [1.82, 2.24) is 26.3 Å². The van der Waals surface area contributed by atoms with E-state index in [0.29, 0.717) is 37.2 Å². The van der Waals surface area contributed by atoms with Crippen LogP contribution < -0.4 is 21.3 Å². The average molecular weight is 606 g/mol. The van der Waals surface area contributed by atoms with E-state index in [-0.39, 0.29) is 42.4 Å². The van der Waals surface area contributed by atoms with Gasteiger partial charge in [0.25, 0.3) is 5.91 Å². The molecule has 5 N–H and O–H groups in total. The number of benzene rings is 2. The fourth-order valence-corrected chi connectivity index (χ4v) is 5.88. The molecule has 4 rings (SSSR count). The first-order valence-corrected chi connectivity index (χ1v) is 15.5. The van der Waals surface area contributed by atoms with E-state index in [2.05, 4.69) is 26.3 Å². The molecule has 2 aromatic carbocycles. The Morgan fingerprint density at radius 2 is 1.70 bits per heavy atom. The zero-order chi connectivity index (χ0) is 30.8. The van der Waals surface area contributed by atoms with Gasteiger partial charge >= 0.3 is 0 Å². The number of carbonyl (C=O) groups excluding carboxylic acids is 4. The zero-order valence-corrected chi connectivity index (χ0v) is 25.3. The van der Waals surface area contributed by atoms with Gasteiger partial charge in [-0.1, -0.05) is 68.4 Å². The van der Waals surface area contributed by atoms with Gasteiger partial charge in [0, 0.05) is 18.3 Å². The molecule has 2 heterocycles. The minimum Gasteiger partial charge on any atom is -0.392 e. The number of rotatable bonds is 7. The van der Waals surface area contributed by atoms with Crippen LogP contribution in [0.15, 0.2) is 60.0 Å². The molecule has 0 unspecified atom stereocenters. The summed E-state index contributed by atoms with van der Waals surface area (Å²) >= 11 is 1.27. The summed E-state index contributed by atoms with van der Waals surface area (Å²) in [5.41, 5.74) is 2.61. The summed E-state index contributed by atoms with van der Waals surface area (Å²) in [7, 11) is 0. The molecule has 0 saturated carbocycles. The van der Waals surface area contributed by atoms with Crippen molar-refractivity contribution in [2.75, 3.05) is 6.54 Å². The highest BCUT2D eigenvalue weighted by Gasteiger charge is 2.29. The summed E-state index contributed by atoms with van der Waals surface area (Å²) in [6.07, 6.45) is 1.97. The molecular weight excluding hydrogens is 566 g/mol. The number of hydrogen-bond acceptors (Lipinski definition) is 7. The second-order valence-electron chi connectivity index (χ2n) is 11.1. The standard InChI is InChI=1S/C32H39N5O5S/c1-20(2)28-32-36-26(19-43-32)31(42)35-25(16-21-8-4-3-5-9-21)29(40)33-15-7-6-10-24(30(41)37-28)34-27(39)17-22-11-13-23(18-38)14-12-22/h3-5,8-9,11-14,19-20,24-25,28,38H,6-7,10,15-18H2,1-2H3,(H,33,40)(H,34,39)(H,35,42)(H,37,41)/t24-,25+,28+/m0/s1. The quantitative estimate of drug-likeness (QED) is 0.280. The van der Waals surface area contributed by atoms with Gasteiger partial charge in [-0.05, 0) is 41.9 Å². The van der Waals surface area contributed by atoms with E-state index in [1.54, 1.807) is 29.6 Å². The Morgan fingerprint density at radius 3 is 2.40 bits per heavy atom. The lowest BCUT2D eigenvalue weighted by Gasteiger charge is -2.25. The van der Waals surface area contributed by atoms with Crippen molar-refractivity contribution >= 4 is 35.0 Å². The predicted octanol–water partition coefficient (Wildman–Crippen LogP) is 2.82. The number of aliphatic hydroxyl groups is 1. The normalized spacial score (nSPS) is 20.2. The van der Waals surface area contributed by atoms with Crippen molar-refractivity contribution in [2.45, 2.75) is 70.7 Å². The lowest BCUT2D eigenvalue weighted by Crippen LogP contribution is -2.49. The summed E-state index contributed by atoms with van der Waals surface area (Å²) in [6, 6.07) is 14.5. The van der Waals surface area contributed by atoms with Gasteiger partial charge in [-0.2, -0.15) is 0 Å². The third-order valence-corrected chi connectivity index (χ3v) is 8.26. The van der Waals surface area contributed by atoms with Crippen LogP contribution in [0.5, 0.6) is 0 Å². The van der Waals surface area contributed by atoms with E-state index < -0.39 is 24.0 Å². The number of thiazole rings is 1. The molecule has 0 spiro atoms. The topological polar surface area (TPSA) is 150 Å². The van der Waals surface area contributed by atoms with Crippen LogP contribution in [0.1, 0.15) is 71.3 Å². The fraction of sp³-hybridized carbons (Fsp3) is 0.406. The first-order valence-electron chi connectivity index (χ1n) is 14.6. The van der Waals surface area contributed by atoms with Crippen LogP contribution >= 0.6 is 11.3 Å². The number of fused-ring (bicyclic) bond motifs is 2. The summed E-state index contributed by atoms with van der Waals surface area (Å²) in [5, 5.41) is 23.2. The predicted molar refractivity (Wildman–Crippen MR) is 164 cm³/mol. The monoisotopic (exact) mass is 605 g/mol. The van der Waals surface area contributed by atoms with Crippen LogP contribution in [0.2, 0.25) is 0 Å². The Morgan fingerprint density at radius 1 is 0.977 bits per heavy atom. The summed E-state index contributed by atoms with van der Waals surface area (Å²) in [5.74, 6) is -1.42. The van der Waals surface area contributed by atoms with Crippen molar-refractivity contribution in [3.05, 3.63) is 87.4 Å². The van der Waals surface area contributed by atoms with Gasteiger partial charge < -0.3 is 26.4 Å². The molecule has 4 amide bonds. The van der Waals surface area contributed by atoms with Crippen LogP contribution in [0.3, 0.4) is 0 Å². The van der Waals surface area contributed by atoms with Crippen LogP contribution in [-0.4, -0.2) is 52.3 Å². The number of aromatic nitrogens is 1. The Bertz CT molecular complexity index is 1390. The van der Waals surface area contributed by atoms with E-state index in [1.807, 2.05) is 44.2 Å². The maximum Gasteiger partial charge on any atom is 0.271 e. The van der Waals surface area contributed by atoms with E-state index in [4.69, 9.17) is 0 Å². The van der Waals surface area contributed by atoms with Gasteiger partial charge in [0.15, 0.2) is 0 Å². The molecule has 43 heavy (non-hydrogen) atoms. The van der Waals surface area contributed by atoms with Gasteiger partial charge in [0.1, 0.15) is 22.8 Å². The maximum absolute atomic E-state index is 13.5. The number of amides is 4. The van der Waals surface area contributed by atoms with Crippen molar-refractivity contribution in [3.8, 4) is 0 Å². The third kappa shape index (κ3) is 9.20. The molecule has 1 aliphatic heterocycles. The molecule has 1 aromatic heterocycles. The number of nitrogens with zero attached hydrogens (tertiary/aromatic N) is 1. The minimum absolute atomic E-state index is 0.0390. The molecule has 228 valence electrons. The zero-order valence-electron chi connectivity index (χ0n) is 24.5. The van der Waals surface area contributed by atoms with Crippen LogP contribution in [0.4, 0.5) is 0 Å². The number of aliphatic hydroxyl groups excluding tert-OH is 1. The highest BCUT2D eigenvalue weighted by Crippen LogP contribution is 2.26. The maximum atomic E-state index is 13.5. The molecule has 0 saturated heterocycles. The molecule has 3 atom stereocenters. The SMILES string of the molecule is CC(C)[C@H]1NC(=O)[C@@H](NC(=O)Cc2ccc(CO)cc2)CCCCNC(=O)[C@@H](Cc2ccccc2)NC(=O)c2csc1n2. The molecule has 0 radical (unpaired) electrons. The minimum atomic E-state index is -0.789. The molecule has 11 heteroatoms. The lowest BCUT2D eigenvalue weighted by atomic mass is 10.0. The molecule has 0 aliphatic carbocycles. The molecule has 0 fully saturated rings. The van der Waals surface area contributed by atoms with Crippen LogP contribution in [-0.2, 0) is 33.8 Å². The lowest BCUT2D eigenvalue weighted by molar-refractivity contribution is -0.129. The molecule has 2 bridgehead atoms. The Hall–Kier alpha value is -4.09. The summed E-state index contributed by atoms with van der Waals surface area (Å²) < 4.78 is 0. The third-order valence-electron chi connectivity index (χ3n) is 7.33. The van der Waals surface area contributed by atoms with E-state index in [0.717, 1.165) is 16.7 Å². The number of nitrogens with one attached hydrogen (secondary N) is 4. The number of hydrogen-bond donors (Lipinski definition) is 5. The highest BCUT2D eigenvalue weighted by molar-refractivity contribution is 7.09. The largest absolute Gasteiger partial charge is 0.392 e. The number of carbonyl (C=O) groups is 4. The van der Waals surface area contributed by atoms with Gasteiger partial charge in [-0.3, -0.25) is 19.2 Å². The van der Waals surface area contributed by atoms with Crippen molar-refractivity contribution in [3.63, 3.8) is 0 Å². The summed E-state index contributed by atoms with van der Waals surface area (Å²) in [6.45, 7) is 4.18. The Balaban J connectivity index is 1.53. The first kappa shape index (κ1) is 31.8. The molecule has 1 aliphatic rings. The molecule has 10 nitrogen and oxygen atoms in total. The Labute approximate surface area is 255 Å². The summed E-state index contributed by atoms with van der Waals surface area (Å²) in [4.78, 5) is 57.4. The Kier molecular flexibility index (Phi) is 11.4. The van der Waals surface area contributed by atoms with E-state index in [1.165, 1.54) is 11.3 Å². The molecule has 3 aromatic rings. The van der Waals surface area contributed by atoms with Crippen LogP contribution in [0, 0.1) is 5.92 Å². The molecular formula is C32H39N5O5S. The average Bonchev–Trinajstić information content (AvgIpc) is 3.49. The van der Waals surface area contributed by atoms with E-state index >= 15 is 0 Å². The highest BCUT2D eigenvalue weighted by atomic mass is 32.1. The van der Waals surface area contributed by atoms with E-state index in [9.17, 15) is 24.3 Å². The van der Waals surface area contributed by atoms with Crippen LogP contribution in [0.25, 0.3) is 0 Å². The smallest absolute Gasteiger partial charge is 0.271 e. The van der Waals surface area contributed by atoms with Crippen molar-refractivity contribution in [2.24, 2.45) is 5.92 Å². The van der Waals surface area contributed by atoms with Gasteiger partial charge in [0.05, 0.1) is 19.1 Å². The van der Waals surface area contributed by atoms with Gasteiger partial charge in [0.2, 0.25) is 17.7 Å². The fourth-order valence-electron chi connectivity index (χ4n) is 4.86. The van der Waals surface area contributed by atoms with Gasteiger partial charge in [-0.15, -0.1) is 11.3 Å². The second kappa shape index (κ2) is 15.4. The van der Waals surface area contributed by atoms with Crippen molar-refractivity contribution < 1.29 is 24.3 Å². The second-order valence-corrected chi connectivity index (χ2v) is 12.0. The van der Waals surface area contributed by atoms with Crippen molar-refractivity contribution in [1.29, 1.82) is 0 Å².